The number of benzene rings is 1. The van der Waals surface area contributed by atoms with Crippen molar-refractivity contribution in [3.05, 3.63) is 23.8 Å². The number of carboxylic acids is 1. The van der Waals surface area contributed by atoms with Crippen molar-refractivity contribution in [2.24, 2.45) is 0 Å². The SMILES string of the molecule is CCCCCCCCOc1ccc(C(=O)O)cc1OCCCCCCCC.Cl. The Morgan fingerprint density at radius 2 is 1.21 bits per heavy atom. The molecule has 1 aromatic carbocycles. The minimum Gasteiger partial charge on any atom is -0.490 e. The summed E-state index contributed by atoms with van der Waals surface area (Å²) in [6, 6.07) is 4.88. The Bertz CT molecular complexity index is 519. The largest absolute Gasteiger partial charge is 0.490 e. The van der Waals surface area contributed by atoms with Gasteiger partial charge in [-0.05, 0) is 31.0 Å². The van der Waals surface area contributed by atoms with Crippen LogP contribution >= 0.6 is 12.4 Å². The lowest BCUT2D eigenvalue weighted by Gasteiger charge is -2.13. The van der Waals surface area contributed by atoms with E-state index in [0.717, 1.165) is 19.3 Å². The maximum absolute atomic E-state index is 11.2. The van der Waals surface area contributed by atoms with Crippen LogP contribution in [0.3, 0.4) is 0 Å². The Kier molecular flexibility index (Phi) is 16.8. The molecule has 1 aromatic rings. The number of hydrogen-bond donors (Lipinski definition) is 1. The Morgan fingerprint density at radius 3 is 1.71 bits per heavy atom. The predicted octanol–water partition coefficient (Wildman–Crippen LogP) is 7.29. The van der Waals surface area contributed by atoms with Gasteiger partial charge in [-0.2, -0.15) is 0 Å². The molecule has 0 unspecified atom stereocenters. The van der Waals surface area contributed by atoms with E-state index in [0.29, 0.717) is 24.7 Å². The monoisotopic (exact) mass is 414 g/mol. The highest BCUT2D eigenvalue weighted by Gasteiger charge is 2.11. The van der Waals surface area contributed by atoms with Crippen LogP contribution in [0.15, 0.2) is 18.2 Å². The molecule has 0 spiro atoms. The van der Waals surface area contributed by atoms with Crippen LogP contribution in [0.25, 0.3) is 0 Å². The summed E-state index contributed by atoms with van der Waals surface area (Å²) in [4.78, 5) is 11.2. The number of ether oxygens (including phenoxy) is 2. The first-order valence-corrected chi connectivity index (χ1v) is 10.8. The normalized spacial score (nSPS) is 10.4. The summed E-state index contributed by atoms with van der Waals surface area (Å²) < 4.78 is 11.7. The van der Waals surface area contributed by atoms with Crippen molar-refractivity contribution in [3.63, 3.8) is 0 Å². The zero-order valence-corrected chi connectivity index (χ0v) is 18.5. The number of carbonyl (C=O) groups is 1. The van der Waals surface area contributed by atoms with Gasteiger partial charge in [0.25, 0.3) is 0 Å². The summed E-state index contributed by atoms with van der Waals surface area (Å²) in [6.07, 6.45) is 14.4. The first kappa shape index (κ1) is 26.6. The topological polar surface area (TPSA) is 55.8 Å². The second-order valence-corrected chi connectivity index (χ2v) is 7.20. The van der Waals surface area contributed by atoms with E-state index in [1.54, 1.807) is 18.2 Å². The fourth-order valence-electron chi connectivity index (χ4n) is 3.00. The summed E-state index contributed by atoms with van der Waals surface area (Å²) in [5, 5.41) is 9.21. The highest BCUT2D eigenvalue weighted by molar-refractivity contribution is 5.88. The van der Waals surface area contributed by atoms with Gasteiger partial charge < -0.3 is 14.6 Å². The van der Waals surface area contributed by atoms with Crippen molar-refractivity contribution < 1.29 is 19.4 Å². The Morgan fingerprint density at radius 1 is 0.750 bits per heavy atom. The molecule has 0 amide bonds. The lowest BCUT2D eigenvalue weighted by atomic mass is 10.1. The maximum atomic E-state index is 11.2. The van der Waals surface area contributed by atoms with Gasteiger partial charge in [0.2, 0.25) is 0 Å². The molecule has 5 heteroatoms. The molecule has 0 fully saturated rings. The van der Waals surface area contributed by atoms with E-state index < -0.39 is 5.97 Å². The molecule has 0 saturated carbocycles. The van der Waals surface area contributed by atoms with Crippen LogP contribution in [0.4, 0.5) is 0 Å². The van der Waals surface area contributed by atoms with Crippen molar-refractivity contribution in [2.75, 3.05) is 13.2 Å². The van der Waals surface area contributed by atoms with E-state index in [1.807, 2.05) is 0 Å². The standard InChI is InChI=1S/C23H38O4.ClH/c1-3-5-7-9-11-13-17-26-21-16-15-20(23(24)25)19-22(21)27-18-14-12-10-8-6-4-2;/h15-16,19H,3-14,17-18H2,1-2H3,(H,24,25);1H. The summed E-state index contributed by atoms with van der Waals surface area (Å²) in [5.74, 6) is 0.260. The molecule has 1 rings (SSSR count). The number of carboxylic acid groups (broad SMARTS) is 1. The van der Waals surface area contributed by atoms with Crippen molar-refractivity contribution >= 4 is 18.4 Å². The van der Waals surface area contributed by atoms with Gasteiger partial charge in [-0.1, -0.05) is 78.1 Å². The smallest absolute Gasteiger partial charge is 0.335 e. The third-order valence-electron chi connectivity index (χ3n) is 4.70. The molecule has 0 aromatic heterocycles. The minimum absolute atomic E-state index is 0. The molecule has 4 nitrogen and oxygen atoms in total. The van der Waals surface area contributed by atoms with Gasteiger partial charge >= 0.3 is 5.97 Å². The molecule has 0 aliphatic rings. The Balaban J connectivity index is 0.00000729. The predicted molar refractivity (Wildman–Crippen MR) is 118 cm³/mol. The zero-order chi connectivity index (χ0) is 19.7. The van der Waals surface area contributed by atoms with Crippen LogP contribution in [-0.4, -0.2) is 24.3 Å². The molecule has 162 valence electrons. The van der Waals surface area contributed by atoms with Gasteiger partial charge in [-0.15, -0.1) is 12.4 Å². The molecule has 0 aliphatic heterocycles. The van der Waals surface area contributed by atoms with Gasteiger partial charge in [0, 0.05) is 0 Å². The van der Waals surface area contributed by atoms with E-state index >= 15 is 0 Å². The van der Waals surface area contributed by atoms with Crippen LogP contribution in [0, 0.1) is 0 Å². The lowest BCUT2D eigenvalue weighted by Crippen LogP contribution is -2.05. The maximum Gasteiger partial charge on any atom is 0.335 e. The summed E-state index contributed by atoms with van der Waals surface area (Å²) in [6.45, 7) is 5.68. The zero-order valence-electron chi connectivity index (χ0n) is 17.7. The number of unbranched alkanes of at least 4 members (excludes halogenated alkanes) is 10. The summed E-state index contributed by atoms with van der Waals surface area (Å²) in [7, 11) is 0. The third kappa shape index (κ3) is 12.1. The molecule has 0 atom stereocenters. The molecular weight excluding hydrogens is 376 g/mol. The molecule has 28 heavy (non-hydrogen) atoms. The van der Waals surface area contributed by atoms with Gasteiger partial charge in [0.05, 0.1) is 18.8 Å². The van der Waals surface area contributed by atoms with Gasteiger partial charge in [0.15, 0.2) is 11.5 Å². The van der Waals surface area contributed by atoms with E-state index in [9.17, 15) is 9.90 Å². The van der Waals surface area contributed by atoms with Crippen molar-refractivity contribution in [2.45, 2.75) is 90.9 Å². The Hall–Kier alpha value is -1.42. The fourth-order valence-corrected chi connectivity index (χ4v) is 3.00. The van der Waals surface area contributed by atoms with Crippen LogP contribution in [0.1, 0.15) is 101 Å². The van der Waals surface area contributed by atoms with Crippen LogP contribution in [0.5, 0.6) is 11.5 Å². The van der Waals surface area contributed by atoms with Crippen molar-refractivity contribution in [3.8, 4) is 11.5 Å². The average molecular weight is 415 g/mol. The second kappa shape index (κ2) is 17.7. The second-order valence-electron chi connectivity index (χ2n) is 7.20. The average Bonchev–Trinajstić information content (AvgIpc) is 2.67. The van der Waals surface area contributed by atoms with Crippen molar-refractivity contribution in [1.29, 1.82) is 0 Å². The first-order valence-electron chi connectivity index (χ1n) is 10.8. The Labute approximate surface area is 177 Å². The highest BCUT2D eigenvalue weighted by Crippen LogP contribution is 2.29. The van der Waals surface area contributed by atoms with E-state index in [2.05, 4.69) is 13.8 Å². The number of aromatic carboxylic acids is 1. The lowest BCUT2D eigenvalue weighted by molar-refractivity contribution is 0.0696. The molecule has 1 N–H and O–H groups in total. The molecule has 0 heterocycles. The number of halogens is 1. The van der Waals surface area contributed by atoms with Crippen LogP contribution in [-0.2, 0) is 0 Å². The van der Waals surface area contributed by atoms with E-state index in [4.69, 9.17) is 9.47 Å². The van der Waals surface area contributed by atoms with Crippen LogP contribution in [0.2, 0.25) is 0 Å². The molecule has 0 aliphatic carbocycles. The highest BCUT2D eigenvalue weighted by atomic mass is 35.5. The fraction of sp³-hybridized carbons (Fsp3) is 0.696. The van der Waals surface area contributed by atoms with E-state index in [1.165, 1.54) is 57.8 Å². The van der Waals surface area contributed by atoms with Crippen LogP contribution < -0.4 is 9.47 Å². The minimum atomic E-state index is -0.943. The van der Waals surface area contributed by atoms with Gasteiger partial charge in [-0.3, -0.25) is 0 Å². The van der Waals surface area contributed by atoms with E-state index in [-0.39, 0.29) is 18.0 Å². The van der Waals surface area contributed by atoms with Gasteiger partial charge in [-0.25, -0.2) is 4.79 Å². The van der Waals surface area contributed by atoms with Gasteiger partial charge in [0.1, 0.15) is 0 Å². The molecular formula is C23H39ClO4. The molecule has 0 bridgehead atoms. The number of hydrogen-bond acceptors (Lipinski definition) is 3. The summed E-state index contributed by atoms with van der Waals surface area (Å²) >= 11 is 0. The summed E-state index contributed by atoms with van der Waals surface area (Å²) in [5.41, 5.74) is 0.236. The third-order valence-corrected chi connectivity index (χ3v) is 4.70. The first-order chi connectivity index (χ1) is 13.2. The van der Waals surface area contributed by atoms with Crippen molar-refractivity contribution in [1.82, 2.24) is 0 Å². The quantitative estimate of drug-likeness (QED) is 0.272. The molecule has 0 saturated heterocycles. The molecule has 0 radical (unpaired) electrons. The number of rotatable bonds is 17.